The number of nitrogens with zero attached hydrogens (tertiary/aromatic N) is 3. The average Bonchev–Trinajstić information content (AvgIpc) is 3.03. The molecule has 1 unspecified atom stereocenters. The number of rotatable bonds is 8. The lowest BCUT2D eigenvalue weighted by Crippen LogP contribution is -2.43. The normalized spacial score (nSPS) is 20.1. The van der Waals surface area contributed by atoms with Crippen LogP contribution in [-0.2, 0) is 14.3 Å². The number of carbonyl (C=O) groups is 2. The van der Waals surface area contributed by atoms with Gasteiger partial charge in [0.05, 0.1) is 12.3 Å². The van der Waals surface area contributed by atoms with Gasteiger partial charge in [-0.15, -0.1) is 0 Å². The zero-order chi connectivity index (χ0) is 20.5. The second kappa shape index (κ2) is 11.0. The number of nitrogens with one attached hydrogen (secondary N) is 1. The number of carbonyl (C=O) groups excluding carboxylic acids is 2. The van der Waals surface area contributed by atoms with Gasteiger partial charge in [-0.3, -0.25) is 9.80 Å². The first-order valence-electron chi connectivity index (χ1n) is 10.8. The van der Waals surface area contributed by atoms with Crippen molar-refractivity contribution in [3.8, 4) is 0 Å². The minimum absolute atomic E-state index is 0.104. The first kappa shape index (κ1) is 21.3. The average molecular weight is 401 g/mol. The van der Waals surface area contributed by atoms with Gasteiger partial charge in [-0.05, 0) is 58.0 Å². The van der Waals surface area contributed by atoms with Crippen molar-refractivity contribution in [1.82, 2.24) is 10.2 Å². The predicted octanol–water partition coefficient (Wildman–Crippen LogP) is 2.57. The van der Waals surface area contributed by atoms with Crippen molar-refractivity contribution in [3.63, 3.8) is 0 Å². The van der Waals surface area contributed by atoms with Crippen molar-refractivity contribution in [2.24, 2.45) is 5.10 Å². The molecule has 0 radical (unpaired) electrons. The molecule has 2 heterocycles. The smallest absolute Gasteiger partial charge is 0.354 e. The summed E-state index contributed by atoms with van der Waals surface area (Å²) in [7, 11) is 0. The van der Waals surface area contributed by atoms with Crippen LogP contribution in [0.5, 0.6) is 0 Å². The molecule has 0 aromatic heterocycles. The highest BCUT2D eigenvalue weighted by molar-refractivity contribution is 6.38. The molecule has 7 heteroatoms. The Morgan fingerprint density at radius 2 is 1.86 bits per heavy atom. The van der Waals surface area contributed by atoms with Crippen LogP contribution < -0.4 is 10.3 Å². The van der Waals surface area contributed by atoms with Crippen LogP contribution in [0.4, 0.5) is 5.69 Å². The van der Waals surface area contributed by atoms with Crippen LogP contribution in [0.25, 0.3) is 0 Å². The topological polar surface area (TPSA) is 74.2 Å². The predicted molar refractivity (Wildman–Crippen MR) is 114 cm³/mol. The first-order chi connectivity index (χ1) is 14.2. The molecule has 0 spiro atoms. The van der Waals surface area contributed by atoms with E-state index in [0.29, 0.717) is 12.3 Å². The molecule has 3 rings (SSSR count). The molecule has 1 aromatic rings. The molecule has 1 fully saturated rings. The molecule has 29 heavy (non-hydrogen) atoms. The Kier molecular flexibility index (Phi) is 8.04. The molecule has 1 N–H and O–H groups in total. The number of hydrogen-bond acceptors (Lipinski definition) is 6. The van der Waals surface area contributed by atoms with Gasteiger partial charge in [-0.1, -0.05) is 31.0 Å². The summed E-state index contributed by atoms with van der Waals surface area (Å²) in [5, 5.41) is 9.07. The zero-order valence-corrected chi connectivity index (χ0v) is 17.3. The van der Waals surface area contributed by atoms with Crippen molar-refractivity contribution in [2.75, 3.05) is 37.8 Å². The van der Waals surface area contributed by atoms with Crippen molar-refractivity contribution in [2.45, 2.75) is 51.5 Å². The highest BCUT2D eigenvalue weighted by Crippen LogP contribution is 2.25. The minimum Gasteiger partial charge on any atom is -0.461 e. The number of hydrogen-bond donors (Lipinski definition) is 1. The molecule has 1 saturated heterocycles. The second-order valence-electron chi connectivity index (χ2n) is 7.57. The van der Waals surface area contributed by atoms with E-state index in [4.69, 9.17) is 4.74 Å². The van der Waals surface area contributed by atoms with E-state index in [-0.39, 0.29) is 18.9 Å². The van der Waals surface area contributed by atoms with Gasteiger partial charge in [0.2, 0.25) is 5.91 Å². The van der Waals surface area contributed by atoms with Crippen molar-refractivity contribution < 1.29 is 14.3 Å². The minimum atomic E-state index is -0.532. The SMILES string of the molecule is CCOC(=O)C1=NN(c2ccccc2)C(C(=O)NCCCN2CCCCCC2)C1. The molecular formula is C22H32N4O3. The monoisotopic (exact) mass is 400 g/mol. The van der Waals surface area contributed by atoms with Crippen LogP contribution in [0.1, 0.15) is 45.4 Å². The Hall–Kier alpha value is -2.41. The van der Waals surface area contributed by atoms with Crippen LogP contribution in [0, 0.1) is 0 Å². The lowest BCUT2D eigenvalue weighted by atomic mass is 10.1. The summed E-state index contributed by atoms with van der Waals surface area (Å²) in [6.07, 6.45) is 6.38. The van der Waals surface area contributed by atoms with Crippen LogP contribution in [0.3, 0.4) is 0 Å². The lowest BCUT2D eigenvalue weighted by molar-refractivity contribution is -0.135. The molecule has 158 valence electrons. The van der Waals surface area contributed by atoms with Gasteiger partial charge in [0.25, 0.3) is 0 Å². The standard InChI is InChI=1S/C22H32N4O3/c1-2-29-22(28)19-17-20(26(24-19)18-11-6-5-7-12-18)21(27)23-13-10-16-25-14-8-3-4-9-15-25/h5-7,11-12,20H,2-4,8-10,13-17H2,1H3,(H,23,27). The largest absolute Gasteiger partial charge is 0.461 e. The number of likely N-dealkylation sites (tertiary alicyclic amines) is 1. The molecule has 2 aliphatic rings. The number of esters is 1. The fraction of sp³-hybridized carbons (Fsp3) is 0.591. The number of anilines is 1. The number of benzene rings is 1. The van der Waals surface area contributed by atoms with Gasteiger partial charge in [-0.25, -0.2) is 4.79 Å². The molecular weight excluding hydrogens is 368 g/mol. The van der Waals surface area contributed by atoms with Crippen LogP contribution in [0.15, 0.2) is 35.4 Å². The third kappa shape index (κ3) is 6.03. The Morgan fingerprint density at radius 1 is 1.14 bits per heavy atom. The van der Waals surface area contributed by atoms with Gasteiger partial charge in [0, 0.05) is 13.0 Å². The fourth-order valence-corrected chi connectivity index (χ4v) is 3.86. The van der Waals surface area contributed by atoms with E-state index >= 15 is 0 Å². The highest BCUT2D eigenvalue weighted by atomic mass is 16.5. The summed E-state index contributed by atoms with van der Waals surface area (Å²) in [6.45, 7) is 6.01. The molecule has 0 saturated carbocycles. The van der Waals surface area contributed by atoms with E-state index in [1.54, 1.807) is 11.9 Å². The lowest BCUT2D eigenvalue weighted by Gasteiger charge is -2.23. The number of para-hydroxylation sites is 1. The number of hydrazone groups is 1. The van der Waals surface area contributed by atoms with Crippen molar-refractivity contribution >= 4 is 23.3 Å². The summed E-state index contributed by atoms with van der Waals surface area (Å²) in [5.74, 6) is -0.558. The molecule has 0 aliphatic carbocycles. The number of ether oxygens (including phenoxy) is 1. The molecule has 2 aliphatic heterocycles. The van der Waals surface area contributed by atoms with Gasteiger partial charge >= 0.3 is 5.97 Å². The summed E-state index contributed by atoms with van der Waals surface area (Å²) in [6, 6.07) is 8.93. The maximum atomic E-state index is 12.9. The Labute approximate surface area is 173 Å². The van der Waals surface area contributed by atoms with Crippen molar-refractivity contribution in [3.05, 3.63) is 30.3 Å². The van der Waals surface area contributed by atoms with E-state index in [2.05, 4.69) is 15.3 Å². The van der Waals surface area contributed by atoms with E-state index < -0.39 is 12.0 Å². The summed E-state index contributed by atoms with van der Waals surface area (Å²) < 4.78 is 5.08. The second-order valence-corrected chi connectivity index (χ2v) is 7.57. The fourth-order valence-electron chi connectivity index (χ4n) is 3.86. The Morgan fingerprint density at radius 3 is 2.55 bits per heavy atom. The quantitative estimate of drug-likeness (QED) is 0.536. The zero-order valence-electron chi connectivity index (χ0n) is 17.3. The number of amides is 1. The Bertz CT molecular complexity index is 699. The Balaban J connectivity index is 1.55. The molecule has 7 nitrogen and oxygen atoms in total. The van der Waals surface area contributed by atoms with Crippen molar-refractivity contribution in [1.29, 1.82) is 0 Å². The maximum Gasteiger partial charge on any atom is 0.354 e. The van der Waals surface area contributed by atoms with E-state index in [1.807, 2.05) is 30.3 Å². The van der Waals surface area contributed by atoms with Gasteiger partial charge < -0.3 is 15.0 Å². The molecule has 1 amide bonds. The maximum absolute atomic E-state index is 12.9. The summed E-state index contributed by atoms with van der Waals surface area (Å²) in [4.78, 5) is 27.5. The third-order valence-corrected chi connectivity index (χ3v) is 5.39. The highest BCUT2D eigenvalue weighted by Gasteiger charge is 2.36. The first-order valence-corrected chi connectivity index (χ1v) is 10.8. The third-order valence-electron chi connectivity index (χ3n) is 5.39. The van der Waals surface area contributed by atoms with Crippen LogP contribution in [0.2, 0.25) is 0 Å². The molecule has 1 aromatic carbocycles. The van der Waals surface area contributed by atoms with Crippen LogP contribution in [-0.4, -0.2) is 61.3 Å². The van der Waals surface area contributed by atoms with Crippen LogP contribution >= 0.6 is 0 Å². The summed E-state index contributed by atoms with van der Waals surface area (Å²) >= 11 is 0. The van der Waals surface area contributed by atoms with E-state index in [9.17, 15) is 9.59 Å². The molecule has 0 bridgehead atoms. The summed E-state index contributed by atoms with van der Waals surface area (Å²) in [5.41, 5.74) is 1.08. The van der Waals surface area contributed by atoms with Gasteiger partial charge in [0.15, 0.2) is 0 Å². The molecule has 1 atom stereocenters. The van der Waals surface area contributed by atoms with Gasteiger partial charge in [-0.2, -0.15) is 5.10 Å². The van der Waals surface area contributed by atoms with E-state index in [1.165, 1.54) is 25.7 Å². The van der Waals surface area contributed by atoms with E-state index in [0.717, 1.165) is 31.7 Å². The van der Waals surface area contributed by atoms with Gasteiger partial charge in [0.1, 0.15) is 11.8 Å².